The number of aryl methyl sites for hydroxylation is 2. The van der Waals surface area contributed by atoms with Gasteiger partial charge in [0, 0.05) is 64.8 Å². The molecule has 1 N–H and O–H groups in total. The molecule has 216 valence electrons. The molecule has 42 heavy (non-hydrogen) atoms. The number of hydrogen-bond donors (Lipinski definition) is 1. The normalized spacial score (nSPS) is 20.6. The lowest BCUT2D eigenvalue weighted by molar-refractivity contribution is -0.133. The molecule has 9 heteroatoms. The summed E-state index contributed by atoms with van der Waals surface area (Å²) in [5, 5.41) is 15.3. The molecular formula is C33H32Cl2FN5O. The summed E-state index contributed by atoms with van der Waals surface area (Å²) in [6.45, 7) is 4.42. The second-order valence-corrected chi connectivity index (χ2v) is 12.7. The molecule has 1 amide bonds. The van der Waals surface area contributed by atoms with E-state index in [1.54, 1.807) is 18.2 Å². The molecule has 1 saturated carbocycles. The van der Waals surface area contributed by atoms with Crippen LogP contribution in [0.2, 0.25) is 10.0 Å². The summed E-state index contributed by atoms with van der Waals surface area (Å²) in [5.74, 6) is -0.0272. The zero-order chi connectivity index (χ0) is 29.1. The molecule has 4 heterocycles. The zero-order valence-corrected chi connectivity index (χ0v) is 25.0. The van der Waals surface area contributed by atoms with Crippen LogP contribution in [0.5, 0.6) is 0 Å². The molecule has 0 radical (unpaired) electrons. The Kier molecular flexibility index (Phi) is 7.12. The molecule has 0 bridgehead atoms. The Morgan fingerprint density at radius 1 is 1.19 bits per heavy atom. The average molecular weight is 605 g/mol. The van der Waals surface area contributed by atoms with Crippen LogP contribution in [0, 0.1) is 30.0 Å². The van der Waals surface area contributed by atoms with E-state index in [0.29, 0.717) is 28.1 Å². The first-order valence-corrected chi connectivity index (χ1v) is 15.6. The van der Waals surface area contributed by atoms with Gasteiger partial charge < -0.3 is 14.8 Å². The van der Waals surface area contributed by atoms with Gasteiger partial charge in [-0.05, 0) is 75.8 Å². The zero-order valence-electron chi connectivity index (χ0n) is 23.5. The number of rotatable bonds is 6. The Labute approximate surface area is 254 Å². The first-order chi connectivity index (χ1) is 20.4. The van der Waals surface area contributed by atoms with Gasteiger partial charge in [-0.1, -0.05) is 35.3 Å². The van der Waals surface area contributed by atoms with Crippen LogP contribution in [0.3, 0.4) is 0 Å². The summed E-state index contributed by atoms with van der Waals surface area (Å²) in [4.78, 5) is 20.3. The molecule has 2 aromatic heterocycles. The number of hydrogen-bond acceptors (Lipinski definition) is 4. The van der Waals surface area contributed by atoms with Crippen LogP contribution in [0.4, 0.5) is 4.39 Å². The number of halogens is 3. The molecule has 7 rings (SSSR count). The van der Waals surface area contributed by atoms with E-state index in [-0.39, 0.29) is 40.9 Å². The van der Waals surface area contributed by atoms with Crippen molar-refractivity contribution in [1.82, 2.24) is 19.8 Å². The standard InChI is InChI=1S/C33H32Cl2FN5O/c1-18-23-16-27(26-8-4-14-40(26)33(42)19-9-10-19)41(21-11-13-38-17-21)32(23)24-15-20(5-3-12-37)28(30(36)31(24)39-18)22-6-2-7-25(34)29(22)35/h2,6-7,15-16,19,21,26,38H,3-5,8-11,13-14,17H2,1H3. The molecule has 2 atom stereocenters. The fraction of sp³-hybridized carbons (Fsp3) is 0.424. The first kappa shape index (κ1) is 27.6. The van der Waals surface area contributed by atoms with Crippen molar-refractivity contribution in [3.63, 3.8) is 0 Å². The van der Waals surface area contributed by atoms with E-state index in [0.717, 1.165) is 79.4 Å². The molecule has 0 spiro atoms. The van der Waals surface area contributed by atoms with Crippen molar-refractivity contribution in [3.05, 3.63) is 63.1 Å². The Balaban J connectivity index is 1.52. The maximum absolute atomic E-state index is 16.8. The first-order valence-electron chi connectivity index (χ1n) is 14.9. The Morgan fingerprint density at radius 3 is 2.76 bits per heavy atom. The molecular weight excluding hydrogens is 572 g/mol. The third-order valence-corrected chi connectivity index (χ3v) is 10.1. The smallest absolute Gasteiger partial charge is 0.226 e. The quantitative estimate of drug-likeness (QED) is 0.245. The van der Waals surface area contributed by atoms with Gasteiger partial charge in [-0.25, -0.2) is 9.37 Å². The van der Waals surface area contributed by atoms with Crippen LogP contribution in [-0.4, -0.2) is 40.0 Å². The Hall–Kier alpha value is -3.18. The predicted molar refractivity (Wildman–Crippen MR) is 164 cm³/mol. The summed E-state index contributed by atoms with van der Waals surface area (Å²) < 4.78 is 19.2. The number of nitrogens with one attached hydrogen (secondary N) is 1. The largest absolute Gasteiger partial charge is 0.338 e. The fourth-order valence-electron chi connectivity index (χ4n) is 7.09. The van der Waals surface area contributed by atoms with E-state index < -0.39 is 5.82 Å². The minimum Gasteiger partial charge on any atom is -0.338 e. The van der Waals surface area contributed by atoms with E-state index in [4.69, 9.17) is 28.2 Å². The van der Waals surface area contributed by atoms with E-state index in [1.165, 1.54) is 0 Å². The number of carbonyl (C=O) groups excluding carboxylic acids is 1. The molecule has 2 saturated heterocycles. The van der Waals surface area contributed by atoms with Crippen molar-refractivity contribution in [2.45, 2.75) is 64.0 Å². The van der Waals surface area contributed by atoms with E-state index >= 15 is 4.39 Å². The number of nitriles is 1. The maximum atomic E-state index is 16.8. The van der Waals surface area contributed by atoms with Crippen LogP contribution in [0.15, 0.2) is 30.3 Å². The third kappa shape index (κ3) is 4.47. The fourth-order valence-corrected chi connectivity index (χ4v) is 7.49. The summed E-state index contributed by atoms with van der Waals surface area (Å²) in [6, 6.07) is 11.8. The van der Waals surface area contributed by atoms with Crippen LogP contribution in [-0.2, 0) is 11.2 Å². The van der Waals surface area contributed by atoms with Crippen molar-refractivity contribution in [3.8, 4) is 17.2 Å². The van der Waals surface area contributed by atoms with E-state index in [9.17, 15) is 10.1 Å². The van der Waals surface area contributed by atoms with Gasteiger partial charge in [0.05, 0.1) is 27.7 Å². The Morgan fingerprint density at radius 2 is 2.02 bits per heavy atom. The number of nitrogens with zero attached hydrogens (tertiary/aromatic N) is 4. The van der Waals surface area contributed by atoms with Gasteiger partial charge in [0.1, 0.15) is 5.52 Å². The summed E-state index contributed by atoms with van der Waals surface area (Å²) >= 11 is 13.0. The SMILES string of the molecule is Cc1nc2c(F)c(-c3cccc(Cl)c3Cl)c(CCC#N)cc2c2c1cc(C1CCCN1C(=O)C1CC1)n2C1CCNC1. The number of pyridine rings is 1. The highest BCUT2D eigenvalue weighted by molar-refractivity contribution is 6.43. The minimum absolute atomic E-state index is 0.00648. The predicted octanol–water partition coefficient (Wildman–Crippen LogP) is 7.67. The highest BCUT2D eigenvalue weighted by atomic mass is 35.5. The van der Waals surface area contributed by atoms with Crippen molar-refractivity contribution in [2.24, 2.45) is 5.92 Å². The van der Waals surface area contributed by atoms with Crippen molar-refractivity contribution < 1.29 is 9.18 Å². The molecule has 3 aliphatic rings. The average Bonchev–Trinajstić information content (AvgIpc) is 3.34. The minimum atomic E-state index is -0.458. The monoisotopic (exact) mass is 603 g/mol. The molecule has 3 fully saturated rings. The molecule has 2 aliphatic heterocycles. The number of benzene rings is 2. The lowest BCUT2D eigenvalue weighted by Gasteiger charge is -2.28. The summed E-state index contributed by atoms with van der Waals surface area (Å²) in [7, 11) is 0. The van der Waals surface area contributed by atoms with Gasteiger partial charge in [0.2, 0.25) is 5.91 Å². The van der Waals surface area contributed by atoms with Crippen LogP contribution in [0.1, 0.15) is 67.6 Å². The molecule has 1 aliphatic carbocycles. The topological polar surface area (TPSA) is 74.0 Å². The number of fused-ring (bicyclic) bond motifs is 3. The molecule has 2 unspecified atom stereocenters. The maximum Gasteiger partial charge on any atom is 0.226 e. The molecule has 4 aromatic rings. The van der Waals surface area contributed by atoms with Gasteiger partial charge in [-0.2, -0.15) is 5.26 Å². The van der Waals surface area contributed by atoms with Gasteiger partial charge in [-0.15, -0.1) is 0 Å². The van der Waals surface area contributed by atoms with Gasteiger partial charge in [-0.3, -0.25) is 4.79 Å². The van der Waals surface area contributed by atoms with Gasteiger partial charge in [0.15, 0.2) is 5.82 Å². The highest BCUT2D eigenvalue weighted by Crippen LogP contribution is 2.45. The lowest BCUT2D eigenvalue weighted by Crippen LogP contribution is -2.33. The number of carbonyl (C=O) groups is 1. The summed E-state index contributed by atoms with van der Waals surface area (Å²) in [6.07, 6.45) is 5.40. The third-order valence-electron chi connectivity index (χ3n) is 9.24. The number of amides is 1. The van der Waals surface area contributed by atoms with E-state index in [1.807, 2.05) is 13.0 Å². The van der Waals surface area contributed by atoms with Gasteiger partial charge >= 0.3 is 0 Å². The second-order valence-electron chi connectivity index (χ2n) is 11.9. The Bertz CT molecular complexity index is 1780. The van der Waals surface area contributed by atoms with Crippen LogP contribution in [0.25, 0.3) is 32.9 Å². The molecule has 2 aromatic carbocycles. The van der Waals surface area contributed by atoms with E-state index in [2.05, 4.69) is 26.9 Å². The highest BCUT2D eigenvalue weighted by Gasteiger charge is 2.41. The van der Waals surface area contributed by atoms with Crippen molar-refractivity contribution in [2.75, 3.05) is 19.6 Å². The van der Waals surface area contributed by atoms with Crippen LogP contribution >= 0.6 is 23.2 Å². The number of aromatic nitrogens is 2. The second kappa shape index (κ2) is 10.8. The van der Waals surface area contributed by atoms with Gasteiger partial charge in [0.25, 0.3) is 0 Å². The molecule has 6 nitrogen and oxygen atoms in total. The summed E-state index contributed by atoms with van der Waals surface area (Å²) in [5.41, 5.74) is 4.62. The number of likely N-dealkylation sites (tertiary alicyclic amines) is 1. The van der Waals surface area contributed by atoms with Crippen LogP contribution < -0.4 is 5.32 Å². The lowest BCUT2D eigenvalue weighted by atomic mass is 9.93. The van der Waals surface area contributed by atoms with Crippen molar-refractivity contribution >= 4 is 50.9 Å². The van der Waals surface area contributed by atoms with Crippen molar-refractivity contribution in [1.29, 1.82) is 5.26 Å².